The molecule has 0 N–H and O–H groups in total. The van der Waals surface area contributed by atoms with Gasteiger partial charge in [-0.25, -0.2) is 17.8 Å². The van der Waals surface area contributed by atoms with Crippen LogP contribution in [0.1, 0.15) is 32.1 Å². The number of benzene rings is 4. The molecule has 0 amide bonds. The van der Waals surface area contributed by atoms with E-state index in [4.69, 9.17) is 4.98 Å². The van der Waals surface area contributed by atoms with Crippen LogP contribution in [0.5, 0.6) is 0 Å². The minimum atomic E-state index is -4.02. The van der Waals surface area contributed by atoms with E-state index in [1.54, 1.807) is 31.2 Å². The number of hydrogen-bond donors (Lipinski definition) is 0. The van der Waals surface area contributed by atoms with Gasteiger partial charge in [-0.3, -0.25) is 9.36 Å². The number of aromatic nitrogens is 2. The van der Waals surface area contributed by atoms with Crippen molar-refractivity contribution in [1.82, 2.24) is 13.9 Å². The highest BCUT2D eigenvalue weighted by molar-refractivity contribution is 7.89. The van der Waals surface area contributed by atoms with Gasteiger partial charge in [0.1, 0.15) is 11.6 Å². The first-order chi connectivity index (χ1) is 17.8. The molecule has 6 nitrogen and oxygen atoms in total. The molecule has 0 saturated heterocycles. The fraction of sp³-hybridized carbons (Fsp3) is 0.172. The molecule has 0 aliphatic rings. The maximum absolute atomic E-state index is 13.8. The molecule has 1 unspecified atom stereocenters. The van der Waals surface area contributed by atoms with E-state index in [9.17, 15) is 17.6 Å². The van der Waals surface area contributed by atoms with Crippen molar-refractivity contribution < 1.29 is 12.8 Å². The van der Waals surface area contributed by atoms with Gasteiger partial charge in [-0.2, -0.15) is 4.31 Å². The lowest BCUT2D eigenvalue weighted by Crippen LogP contribution is -2.38. The van der Waals surface area contributed by atoms with Gasteiger partial charge in [-0.05, 0) is 72.6 Å². The van der Waals surface area contributed by atoms with Crippen LogP contribution in [-0.2, 0) is 10.0 Å². The predicted molar refractivity (Wildman–Crippen MR) is 144 cm³/mol. The fourth-order valence-electron chi connectivity index (χ4n) is 4.61. The van der Waals surface area contributed by atoms with Crippen molar-refractivity contribution in [1.29, 1.82) is 0 Å². The van der Waals surface area contributed by atoms with Gasteiger partial charge in [0.2, 0.25) is 10.0 Å². The van der Waals surface area contributed by atoms with Crippen LogP contribution in [0.2, 0.25) is 0 Å². The van der Waals surface area contributed by atoms with Crippen LogP contribution in [0.15, 0.2) is 101 Å². The second kappa shape index (κ2) is 9.88. The summed E-state index contributed by atoms with van der Waals surface area (Å²) in [4.78, 5) is 18.6. The topological polar surface area (TPSA) is 72.3 Å². The predicted octanol–water partition coefficient (Wildman–Crippen LogP) is 5.84. The number of para-hydroxylation sites is 1. The third kappa shape index (κ3) is 4.54. The van der Waals surface area contributed by atoms with E-state index in [1.165, 1.54) is 21.0 Å². The molecule has 0 aliphatic heterocycles. The minimum absolute atomic E-state index is 0.0189. The zero-order valence-electron chi connectivity index (χ0n) is 20.5. The van der Waals surface area contributed by atoms with E-state index in [-0.39, 0.29) is 17.0 Å². The first-order valence-electron chi connectivity index (χ1n) is 12.1. The molecule has 37 heavy (non-hydrogen) atoms. The number of hydrogen-bond acceptors (Lipinski definition) is 4. The largest absolute Gasteiger partial charge is 0.268 e. The van der Waals surface area contributed by atoms with Gasteiger partial charge in [0.15, 0.2) is 0 Å². The van der Waals surface area contributed by atoms with Gasteiger partial charge in [-0.15, -0.1) is 0 Å². The number of fused-ring (bicyclic) bond motifs is 2. The van der Waals surface area contributed by atoms with Crippen molar-refractivity contribution in [2.45, 2.75) is 31.2 Å². The van der Waals surface area contributed by atoms with E-state index in [2.05, 4.69) is 0 Å². The second-order valence-corrected chi connectivity index (χ2v) is 10.8. The number of sulfonamides is 1. The zero-order chi connectivity index (χ0) is 26.2. The van der Waals surface area contributed by atoms with Crippen LogP contribution in [0.3, 0.4) is 0 Å². The maximum atomic E-state index is 13.8. The third-order valence-corrected chi connectivity index (χ3v) is 8.45. The Morgan fingerprint density at radius 3 is 2.32 bits per heavy atom. The maximum Gasteiger partial charge on any atom is 0.266 e. The Hall–Kier alpha value is -3.88. The standard InChI is InChI=1S/C29H26FN3O3S/c1-3-18-32(37(35,36)25-16-13-23(30)14-17-25)20(2)28-31-27-11-7-6-10-26(27)29(34)33(28)24-15-12-21-8-4-5-9-22(21)19-24/h4-17,19-20H,3,18H2,1-2H3. The van der Waals surface area contributed by atoms with Gasteiger partial charge in [0.25, 0.3) is 5.56 Å². The molecule has 1 atom stereocenters. The number of rotatable bonds is 7. The Balaban J connectivity index is 1.74. The Morgan fingerprint density at radius 2 is 1.59 bits per heavy atom. The smallest absolute Gasteiger partial charge is 0.266 e. The molecule has 0 radical (unpaired) electrons. The average molecular weight is 516 g/mol. The van der Waals surface area contributed by atoms with Gasteiger partial charge in [-0.1, -0.05) is 49.4 Å². The molecule has 0 spiro atoms. The van der Waals surface area contributed by atoms with Gasteiger partial charge in [0.05, 0.1) is 27.5 Å². The molecule has 0 saturated carbocycles. The van der Waals surface area contributed by atoms with Crippen molar-refractivity contribution in [2.75, 3.05) is 6.54 Å². The summed E-state index contributed by atoms with van der Waals surface area (Å²) >= 11 is 0. The van der Waals surface area contributed by atoms with Crippen molar-refractivity contribution in [2.24, 2.45) is 0 Å². The van der Waals surface area contributed by atoms with Crippen LogP contribution in [0.25, 0.3) is 27.4 Å². The van der Waals surface area contributed by atoms with Crippen molar-refractivity contribution in [3.05, 3.63) is 113 Å². The molecule has 0 aliphatic carbocycles. The van der Waals surface area contributed by atoms with Crippen LogP contribution >= 0.6 is 0 Å². The molecular weight excluding hydrogens is 489 g/mol. The lowest BCUT2D eigenvalue weighted by molar-refractivity contribution is 0.327. The molecule has 1 heterocycles. The molecule has 4 aromatic carbocycles. The van der Waals surface area contributed by atoms with E-state index in [0.29, 0.717) is 28.8 Å². The highest BCUT2D eigenvalue weighted by Crippen LogP contribution is 2.29. The first kappa shape index (κ1) is 24.8. The SMILES string of the molecule is CCCN(C(C)c1nc2ccccc2c(=O)n1-c1ccc2ccccc2c1)S(=O)(=O)c1ccc(F)cc1. The minimum Gasteiger partial charge on any atom is -0.268 e. The molecule has 5 rings (SSSR count). The number of halogens is 1. The van der Waals surface area contributed by atoms with Gasteiger partial charge >= 0.3 is 0 Å². The summed E-state index contributed by atoms with van der Waals surface area (Å²) in [6.45, 7) is 3.80. The summed E-state index contributed by atoms with van der Waals surface area (Å²) in [7, 11) is -4.02. The summed E-state index contributed by atoms with van der Waals surface area (Å²) in [6.07, 6.45) is 0.540. The highest BCUT2D eigenvalue weighted by Gasteiger charge is 2.32. The fourth-order valence-corrected chi connectivity index (χ4v) is 6.29. The lowest BCUT2D eigenvalue weighted by atomic mass is 10.1. The van der Waals surface area contributed by atoms with Crippen LogP contribution in [0.4, 0.5) is 4.39 Å². The Labute approximate surface area is 214 Å². The molecule has 5 aromatic rings. The van der Waals surface area contributed by atoms with Crippen molar-refractivity contribution in [3.8, 4) is 5.69 Å². The average Bonchev–Trinajstić information content (AvgIpc) is 2.91. The summed E-state index contributed by atoms with van der Waals surface area (Å²) in [6, 6.07) is 24.5. The Bertz CT molecular complexity index is 1770. The normalized spacial score (nSPS) is 12.9. The Morgan fingerprint density at radius 1 is 0.919 bits per heavy atom. The van der Waals surface area contributed by atoms with Gasteiger partial charge in [0, 0.05) is 6.54 Å². The monoisotopic (exact) mass is 515 g/mol. The molecule has 1 aromatic heterocycles. The van der Waals surface area contributed by atoms with Crippen LogP contribution in [-0.4, -0.2) is 28.8 Å². The molecule has 188 valence electrons. The van der Waals surface area contributed by atoms with E-state index in [1.807, 2.05) is 49.4 Å². The van der Waals surface area contributed by atoms with Crippen LogP contribution in [0, 0.1) is 5.82 Å². The quantitative estimate of drug-likeness (QED) is 0.273. The highest BCUT2D eigenvalue weighted by atomic mass is 32.2. The van der Waals surface area contributed by atoms with E-state index < -0.39 is 21.9 Å². The Kier molecular flexibility index (Phi) is 6.62. The number of nitrogens with zero attached hydrogens (tertiary/aromatic N) is 3. The molecule has 0 fully saturated rings. The summed E-state index contributed by atoms with van der Waals surface area (Å²) < 4.78 is 43.8. The van der Waals surface area contributed by atoms with E-state index >= 15 is 0 Å². The zero-order valence-corrected chi connectivity index (χ0v) is 21.3. The molecule has 0 bridgehead atoms. The first-order valence-corrected chi connectivity index (χ1v) is 13.5. The van der Waals surface area contributed by atoms with E-state index in [0.717, 1.165) is 22.9 Å². The third-order valence-electron chi connectivity index (χ3n) is 6.46. The van der Waals surface area contributed by atoms with Gasteiger partial charge < -0.3 is 0 Å². The summed E-state index contributed by atoms with van der Waals surface area (Å²) in [5.41, 5.74) is 0.805. The van der Waals surface area contributed by atoms with Crippen molar-refractivity contribution >= 4 is 31.7 Å². The second-order valence-electron chi connectivity index (χ2n) is 8.90. The van der Waals surface area contributed by atoms with Crippen molar-refractivity contribution in [3.63, 3.8) is 0 Å². The molecular formula is C29H26FN3O3S. The summed E-state index contributed by atoms with van der Waals surface area (Å²) in [5.74, 6) is -0.214. The molecule has 8 heteroatoms. The lowest BCUT2D eigenvalue weighted by Gasteiger charge is -2.29. The summed E-state index contributed by atoms with van der Waals surface area (Å²) in [5, 5.41) is 2.41. The van der Waals surface area contributed by atoms with Crippen LogP contribution < -0.4 is 5.56 Å².